The third kappa shape index (κ3) is 1.21. The van der Waals surface area contributed by atoms with Crippen LogP contribution in [-0.4, -0.2) is 33.8 Å². The summed E-state index contributed by atoms with van der Waals surface area (Å²) >= 11 is 0. The Morgan fingerprint density at radius 1 is 1.42 bits per heavy atom. The Kier molecular flexibility index (Phi) is 1.92. The van der Waals surface area contributed by atoms with Crippen LogP contribution in [0.5, 0.6) is 0 Å². The van der Waals surface area contributed by atoms with Crippen molar-refractivity contribution in [1.29, 1.82) is 0 Å². The molecule has 0 bridgehead atoms. The van der Waals surface area contributed by atoms with Gasteiger partial charge in [-0.05, 0) is 27.7 Å². The minimum atomic E-state index is -0.563. The maximum Gasteiger partial charge on any atom is 0.245 e. The molecule has 0 aliphatic carbocycles. The third-order valence-corrected chi connectivity index (χ3v) is 2.21. The van der Waals surface area contributed by atoms with Gasteiger partial charge in [-0.1, -0.05) is 0 Å². The molecule has 4 heteroatoms. The van der Waals surface area contributed by atoms with Crippen molar-refractivity contribution in [2.24, 2.45) is 0 Å². The van der Waals surface area contributed by atoms with Crippen LogP contribution in [-0.2, 0) is 4.79 Å². The average Bonchev–Trinajstić information content (AvgIpc) is 1.98. The number of carbonyl (C=O) groups excluding carboxylic acids is 1. The van der Waals surface area contributed by atoms with Crippen molar-refractivity contribution in [3.63, 3.8) is 0 Å². The second-order valence-corrected chi connectivity index (χ2v) is 4.18. The van der Waals surface area contributed by atoms with Gasteiger partial charge in [0.1, 0.15) is 6.73 Å². The fourth-order valence-corrected chi connectivity index (χ4v) is 1.72. The van der Waals surface area contributed by atoms with E-state index in [1.165, 1.54) is 4.90 Å². The Hall–Kier alpha value is -0.610. The lowest BCUT2D eigenvalue weighted by atomic mass is 10.1. The maximum atomic E-state index is 11.6. The summed E-state index contributed by atoms with van der Waals surface area (Å²) in [6, 6.07) is 0. The van der Waals surface area contributed by atoms with Crippen molar-refractivity contribution in [3.05, 3.63) is 0 Å². The first-order valence-electron chi connectivity index (χ1n) is 4.03. The fraction of sp³-hybridized carbons (Fsp3) is 0.875. The standard InChI is InChI=1S/C8H16N2O2/c1-7(2)6(12)10(5-11)8(3,4)9-7/h9,11H,5H2,1-4H3. The molecule has 70 valence electrons. The zero-order valence-corrected chi connectivity index (χ0v) is 8.01. The molecule has 0 spiro atoms. The summed E-state index contributed by atoms with van der Waals surface area (Å²) in [5, 5.41) is 12.1. The molecule has 0 radical (unpaired) electrons. The summed E-state index contributed by atoms with van der Waals surface area (Å²) in [7, 11) is 0. The Morgan fingerprint density at radius 2 is 1.92 bits per heavy atom. The van der Waals surface area contributed by atoms with E-state index in [9.17, 15) is 4.79 Å². The second-order valence-electron chi connectivity index (χ2n) is 4.18. The zero-order chi connectivity index (χ0) is 9.57. The largest absolute Gasteiger partial charge is 0.376 e. The van der Waals surface area contributed by atoms with Crippen molar-refractivity contribution < 1.29 is 9.90 Å². The van der Waals surface area contributed by atoms with Gasteiger partial charge >= 0.3 is 0 Å². The summed E-state index contributed by atoms with van der Waals surface area (Å²) < 4.78 is 0. The lowest BCUT2D eigenvalue weighted by molar-refractivity contribution is -0.137. The van der Waals surface area contributed by atoms with Gasteiger partial charge in [0.15, 0.2) is 0 Å². The van der Waals surface area contributed by atoms with Crippen LogP contribution in [0.15, 0.2) is 0 Å². The molecule has 0 unspecified atom stereocenters. The molecule has 1 aliphatic heterocycles. The topological polar surface area (TPSA) is 52.6 Å². The molecular formula is C8H16N2O2. The number of rotatable bonds is 1. The van der Waals surface area contributed by atoms with Crippen LogP contribution in [0.4, 0.5) is 0 Å². The molecule has 0 aromatic rings. The minimum Gasteiger partial charge on any atom is -0.376 e. The minimum absolute atomic E-state index is 0.0602. The Labute approximate surface area is 72.6 Å². The first-order valence-corrected chi connectivity index (χ1v) is 4.03. The molecule has 1 heterocycles. The number of hydrogen-bond acceptors (Lipinski definition) is 3. The highest BCUT2D eigenvalue weighted by Gasteiger charge is 2.48. The number of nitrogens with one attached hydrogen (secondary N) is 1. The molecule has 1 aliphatic rings. The van der Waals surface area contributed by atoms with Gasteiger partial charge in [0, 0.05) is 0 Å². The molecule has 0 aromatic heterocycles. The molecule has 4 nitrogen and oxygen atoms in total. The zero-order valence-electron chi connectivity index (χ0n) is 8.01. The van der Waals surface area contributed by atoms with E-state index in [2.05, 4.69) is 5.32 Å². The van der Waals surface area contributed by atoms with E-state index in [4.69, 9.17) is 5.11 Å². The highest BCUT2D eigenvalue weighted by Crippen LogP contribution is 2.26. The molecule has 12 heavy (non-hydrogen) atoms. The van der Waals surface area contributed by atoms with Crippen molar-refractivity contribution in [3.8, 4) is 0 Å². The molecule has 2 N–H and O–H groups in total. The van der Waals surface area contributed by atoms with Crippen molar-refractivity contribution in [1.82, 2.24) is 10.2 Å². The predicted octanol–water partition coefficient (Wildman–Crippen LogP) is -0.117. The summed E-state index contributed by atoms with van der Waals surface area (Å²) in [6.07, 6.45) is 0. The highest BCUT2D eigenvalue weighted by molar-refractivity contribution is 5.88. The first-order chi connectivity index (χ1) is 5.31. The number of hydrogen-bond donors (Lipinski definition) is 2. The van der Waals surface area contributed by atoms with E-state index < -0.39 is 11.2 Å². The normalized spacial score (nSPS) is 26.4. The molecule has 1 fully saturated rings. The van der Waals surface area contributed by atoms with E-state index in [1.54, 1.807) is 0 Å². The van der Waals surface area contributed by atoms with Crippen LogP contribution in [0.1, 0.15) is 27.7 Å². The molecule has 0 atom stereocenters. The van der Waals surface area contributed by atoms with E-state index in [0.29, 0.717) is 0 Å². The molecular weight excluding hydrogens is 156 g/mol. The number of aliphatic hydroxyl groups excluding tert-OH is 1. The van der Waals surface area contributed by atoms with Crippen LogP contribution in [0.25, 0.3) is 0 Å². The molecule has 1 saturated heterocycles. The summed E-state index contributed by atoms with van der Waals surface area (Å²) in [5.41, 5.74) is -1.01. The Bertz CT molecular complexity index is 211. The van der Waals surface area contributed by atoms with Gasteiger partial charge in [-0.3, -0.25) is 10.1 Å². The summed E-state index contributed by atoms with van der Waals surface area (Å²) in [4.78, 5) is 13.0. The van der Waals surface area contributed by atoms with Crippen LogP contribution >= 0.6 is 0 Å². The Balaban J connectivity index is 2.96. The predicted molar refractivity (Wildman–Crippen MR) is 45.2 cm³/mol. The highest BCUT2D eigenvalue weighted by atomic mass is 16.3. The SMILES string of the molecule is CC1(C)NC(C)(C)N(CO)C1=O. The number of aliphatic hydroxyl groups is 1. The first kappa shape index (κ1) is 9.48. The van der Waals surface area contributed by atoms with Crippen molar-refractivity contribution >= 4 is 5.91 Å². The van der Waals surface area contributed by atoms with Crippen molar-refractivity contribution in [2.45, 2.75) is 38.9 Å². The molecule has 0 aromatic carbocycles. The van der Waals surface area contributed by atoms with Gasteiger partial charge in [-0.2, -0.15) is 0 Å². The third-order valence-electron chi connectivity index (χ3n) is 2.21. The maximum absolute atomic E-state index is 11.6. The number of carbonyl (C=O) groups is 1. The van der Waals surface area contributed by atoms with Gasteiger partial charge in [-0.25, -0.2) is 0 Å². The smallest absolute Gasteiger partial charge is 0.245 e. The lowest BCUT2D eigenvalue weighted by Gasteiger charge is -2.29. The summed E-state index contributed by atoms with van der Waals surface area (Å²) in [6.45, 7) is 7.13. The van der Waals surface area contributed by atoms with E-state index in [0.717, 1.165) is 0 Å². The average molecular weight is 172 g/mol. The van der Waals surface area contributed by atoms with Gasteiger partial charge in [0.25, 0.3) is 0 Å². The molecule has 0 saturated carbocycles. The van der Waals surface area contributed by atoms with Crippen LogP contribution in [0.3, 0.4) is 0 Å². The Morgan fingerprint density at radius 3 is 2.08 bits per heavy atom. The number of amides is 1. The quantitative estimate of drug-likeness (QED) is 0.580. The van der Waals surface area contributed by atoms with Crippen LogP contribution in [0.2, 0.25) is 0 Å². The molecule has 1 amide bonds. The van der Waals surface area contributed by atoms with E-state index in [1.807, 2.05) is 27.7 Å². The monoisotopic (exact) mass is 172 g/mol. The van der Waals surface area contributed by atoms with Crippen LogP contribution < -0.4 is 5.32 Å². The van der Waals surface area contributed by atoms with Crippen molar-refractivity contribution in [2.75, 3.05) is 6.73 Å². The van der Waals surface area contributed by atoms with Gasteiger partial charge in [0.2, 0.25) is 5.91 Å². The number of nitrogens with zero attached hydrogens (tertiary/aromatic N) is 1. The fourth-order valence-electron chi connectivity index (χ4n) is 1.72. The summed E-state index contributed by atoms with van der Waals surface area (Å²) in [5.74, 6) is -0.0602. The van der Waals surface area contributed by atoms with Gasteiger partial charge in [-0.15, -0.1) is 0 Å². The van der Waals surface area contributed by atoms with E-state index >= 15 is 0 Å². The molecule has 1 rings (SSSR count). The van der Waals surface area contributed by atoms with E-state index in [-0.39, 0.29) is 12.6 Å². The van der Waals surface area contributed by atoms with Gasteiger partial charge < -0.3 is 10.0 Å². The second kappa shape index (κ2) is 2.44. The van der Waals surface area contributed by atoms with Gasteiger partial charge in [0.05, 0.1) is 11.2 Å². The lowest BCUT2D eigenvalue weighted by Crippen LogP contribution is -2.48. The van der Waals surface area contributed by atoms with Crippen LogP contribution in [0, 0.1) is 0 Å².